The molecular formula is C15H20BrNS. The van der Waals surface area contributed by atoms with E-state index in [0.717, 1.165) is 25.1 Å². The Balaban J connectivity index is 2.45. The monoisotopic (exact) mass is 325 g/mol. The van der Waals surface area contributed by atoms with Crippen LogP contribution in [0.2, 0.25) is 0 Å². The van der Waals surface area contributed by atoms with Crippen LogP contribution in [0.15, 0.2) is 33.6 Å². The van der Waals surface area contributed by atoms with Crippen LogP contribution in [-0.2, 0) is 0 Å². The second kappa shape index (κ2) is 9.49. The average molecular weight is 326 g/mol. The summed E-state index contributed by atoms with van der Waals surface area (Å²) in [4.78, 5) is 1.31. The van der Waals surface area contributed by atoms with Gasteiger partial charge in [0, 0.05) is 27.6 Å². The second-order valence-corrected chi connectivity index (χ2v) is 5.88. The van der Waals surface area contributed by atoms with E-state index >= 15 is 0 Å². The Kier molecular flexibility index (Phi) is 8.24. The standard InChI is InChI=1S/C15H20BrNS/c1-3-5-6-9-13(17-4-2)12-18-15-11-8-7-10-14(15)16/h7-8,10-11,13,17H,4,6,9,12H2,1-2H3. The summed E-state index contributed by atoms with van der Waals surface area (Å²) in [6.45, 7) is 5.07. The first kappa shape index (κ1) is 15.6. The van der Waals surface area contributed by atoms with Crippen LogP contribution in [0.3, 0.4) is 0 Å². The van der Waals surface area contributed by atoms with Gasteiger partial charge in [-0.2, -0.15) is 0 Å². The van der Waals surface area contributed by atoms with Gasteiger partial charge in [-0.3, -0.25) is 0 Å². The minimum atomic E-state index is 0.535. The van der Waals surface area contributed by atoms with E-state index in [9.17, 15) is 0 Å². The molecule has 0 fully saturated rings. The highest BCUT2D eigenvalue weighted by Crippen LogP contribution is 2.27. The summed E-state index contributed by atoms with van der Waals surface area (Å²) < 4.78 is 1.18. The number of rotatable bonds is 7. The van der Waals surface area contributed by atoms with Gasteiger partial charge in [-0.15, -0.1) is 23.6 Å². The largest absolute Gasteiger partial charge is 0.313 e. The van der Waals surface area contributed by atoms with Crippen LogP contribution in [0.5, 0.6) is 0 Å². The van der Waals surface area contributed by atoms with Crippen molar-refractivity contribution in [1.29, 1.82) is 0 Å². The van der Waals surface area contributed by atoms with E-state index in [1.54, 1.807) is 0 Å². The minimum Gasteiger partial charge on any atom is -0.313 e. The molecule has 1 rings (SSSR count). The Hall–Kier alpha value is -0.430. The third-order valence-corrected chi connectivity index (χ3v) is 4.75. The second-order valence-electron chi connectivity index (χ2n) is 3.96. The molecule has 1 aromatic carbocycles. The summed E-state index contributed by atoms with van der Waals surface area (Å²) >= 11 is 5.48. The lowest BCUT2D eigenvalue weighted by Gasteiger charge is -2.16. The molecule has 1 nitrogen and oxygen atoms in total. The summed E-state index contributed by atoms with van der Waals surface area (Å²) in [6.07, 6.45) is 2.09. The topological polar surface area (TPSA) is 12.0 Å². The summed E-state index contributed by atoms with van der Waals surface area (Å²) in [5.41, 5.74) is 0. The molecule has 0 bridgehead atoms. The van der Waals surface area contributed by atoms with Gasteiger partial charge >= 0.3 is 0 Å². The number of hydrogen-bond acceptors (Lipinski definition) is 2. The van der Waals surface area contributed by atoms with Gasteiger partial charge in [0.05, 0.1) is 0 Å². The molecule has 1 N–H and O–H groups in total. The lowest BCUT2D eigenvalue weighted by atomic mass is 10.2. The Bertz CT molecular complexity index is 408. The van der Waals surface area contributed by atoms with E-state index in [2.05, 4.69) is 58.2 Å². The van der Waals surface area contributed by atoms with Gasteiger partial charge in [0.2, 0.25) is 0 Å². The van der Waals surface area contributed by atoms with Crippen LogP contribution in [0.4, 0.5) is 0 Å². The van der Waals surface area contributed by atoms with E-state index in [4.69, 9.17) is 0 Å². The Morgan fingerprint density at radius 3 is 2.83 bits per heavy atom. The molecule has 0 spiro atoms. The highest BCUT2D eigenvalue weighted by Gasteiger charge is 2.08. The lowest BCUT2D eigenvalue weighted by molar-refractivity contribution is 0.545. The molecule has 98 valence electrons. The maximum atomic E-state index is 3.59. The molecule has 0 radical (unpaired) electrons. The van der Waals surface area contributed by atoms with Crippen molar-refractivity contribution in [1.82, 2.24) is 5.32 Å². The molecular weight excluding hydrogens is 306 g/mol. The normalized spacial score (nSPS) is 11.7. The zero-order chi connectivity index (χ0) is 13.2. The number of nitrogens with one attached hydrogen (secondary N) is 1. The molecule has 0 saturated heterocycles. The summed E-state index contributed by atoms with van der Waals surface area (Å²) in [7, 11) is 0. The first-order valence-electron chi connectivity index (χ1n) is 6.28. The van der Waals surface area contributed by atoms with Crippen LogP contribution in [-0.4, -0.2) is 18.3 Å². The van der Waals surface area contributed by atoms with Crippen LogP contribution in [0.1, 0.15) is 26.7 Å². The number of halogens is 1. The molecule has 1 atom stereocenters. The van der Waals surface area contributed by atoms with Gasteiger partial charge in [0.15, 0.2) is 0 Å². The maximum absolute atomic E-state index is 3.59. The zero-order valence-electron chi connectivity index (χ0n) is 11.0. The summed E-state index contributed by atoms with van der Waals surface area (Å²) in [5.74, 6) is 7.18. The fourth-order valence-electron chi connectivity index (χ4n) is 1.66. The maximum Gasteiger partial charge on any atom is 0.0311 e. The molecule has 0 aliphatic carbocycles. The molecule has 0 aliphatic heterocycles. The zero-order valence-corrected chi connectivity index (χ0v) is 13.4. The average Bonchev–Trinajstić information content (AvgIpc) is 2.38. The molecule has 1 aromatic rings. The van der Waals surface area contributed by atoms with Gasteiger partial charge in [0.25, 0.3) is 0 Å². The van der Waals surface area contributed by atoms with E-state index in [0.29, 0.717) is 6.04 Å². The molecule has 0 aliphatic rings. The minimum absolute atomic E-state index is 0.535. The summed E-state index contributed by atoms with van der Waals surface area (Å²) in [5, 5.41) is 3.53. The first-order valence-corrected chi connectivity index (χ1v) is 8.06. The van der Waals surface area contributed by atoms with Crippen LogP contribution in [0.25, 0.3) is 0 Å². The Morgan fingerprint density at radius 2 is 2.17 bits per heavy atom. The summed E-state index contributed by atoms with van der Waals surface area (Å²) in [6, 6.07) is 8.91. The molecule has 18 heavy (non-hydrogen) atoms. The van der Waals surface area contributed by atoms with E-state index in [1.165, 1.54) is 9.37 Å². The van der Waals surface area contributed by atoms with Gasteiger partial charge < -0.3 is 5.32 Å². The van der Waals surface area contributed by atoms with Crippen molar-refractivity contribution >= 4 is 27.7 Å². The third kappa shape index (κ3) is 5.95. The predicted octanol–water partition coefficient (Wildman–Crippen LogP) is 4.32. The quantitative estimate of drug-likeness (QED) is 0.591. The first-order chi connectivity index (χ1) is 8.77. The number of hydrogen-bond donors (Lipinski definition) is 1. The van der Waals surface area contributed by atoms with Crippen molar-refractivity contribution in [3.05, 3.63) is 28.7 Å². The van der Waals surface area contributed by atoms with Gasteiger partial charge in [0.1, 0.15) is 0 Å². The molecule has 0 aromatic heterocycles. The fraction of sp³-hybridized carbons (Fsp3) is 0.467. The SMILES string of the molecule is CC#CCCC(CSc1ccccc1Br)NCC. The molecule has 1 unspecified atom stereocenters. The fourth-order valence-corrected chi connectivity index (χ4v) is 3.33. The molecule has 3 heteroatoms. The lowest BCUT2D eigenvalue weighted by Crippen LogP contribution is -2.30. The van der Waals surface area contributed by atoms with Gasteiger partial charge in [-0.05, 0) is 48.0 Å². The van der Waals surface area contributed by atoms with Crippen molar-refractivity contribution < 1.29 is 0 Å². The van der Waals surface area contributed by atoms with E-state index in [-0.39, 0.29) is 0 Å². The van der Waals surface area contributed by atoms with Crippen molar-refractivity contribution in [3.8, 4) is 11.8 Å². The van der Waals surface area contributed by atoms with E-state index in [1.807, 2.05) is 24.8 Å². The predicted molar refractivity (Wildman–Crippen MR) is 85.0 cm³/mol. The van der Waals surface area contributed by atoms with E-state index < -0.39 is 0 Å². The van der Waals surface area contributed by atoms with Crippen LogP contribution >= 0.6 is 27.7 Å². The third-order valence-electron chi connectivity index (χ3n) is 2.56. The molecule has 0 saturated carbocycles. The Labute approximate surface area is 123 Å². The smallest absolute Gasteiger partial charge is 0.0311 e. The van der Waals surface area contributed by atoms with Crippen LogP contribution < -0.4 is 5.32 Å². The van der Waals surface area contributed by atoms with Gasteiger partial charge in [-0.1, -0.05) is 19.1 Å². The van der Waals surface area contributed by atoms with Crippen molar-refractivity contribution in [3.63, 3.8) is 0 Å². The number of benzene rings is 1. The number of thioether (sulfide) groups is 1. The van der Waals surface area contributed by atoms with Crippen molar-refractivity contribution in [2.45, 2.75) is 37.6 Å². The highest BCUT2D eigenvalue weighted by atomic mass is 79.9. The van der Waals surface area contributed by atoms with Gasteiger partial charge in [-0.25, -0.2) is 0 Å². The molecule has 0 amide bonds. The van der Waals surface area contributed by atoms with Crippen LogP contribution in [0, 0.1) is 11.8 Å². The van der Waals surface area contributed by atoms with Crippen molar-refractivity contribution in [2.24, 2.45) is 0 Å². The Morgan fingerprint density at radius 1 is 1.39 bits per heavy atom. The van der Waals surface area contributed by atoms with Crippen molar-refractivity contribution in [2.75, 3.05) is 12.3 Å². The molecule has 0 heterocycles. The highest BCUT2D eigenvalue weighted by molar-refractivity contribution is 9.10.